The van der Waals surface area contributed by atoms with E-state index in [4.69, 9.17) is 0 Å². The number of carbonyl (C=O) groups excluding carboxylic acids is 1. The van der Waals surface area contributed by atoms with Crippen molar-refractivity contribution in [3.05, 3.63) is 29.8 Å². The Bertz CT molecular complexity index is 334. The number of para-hydroxylation sites is 1. The number of hydrazine groups is 1. The van der Waals surface area contributed by atoms with E-state index in [1.165, 1.54) is 0 Å². The van der Waals surface area contributed by atoms with Crippen LogP contribution in [0.2, 0.25) is 0 Å². The molecule has 1 rings (SSSR count). The van der Waals surface area contributed by atoms with E-state index in [2.05, 4.69) is 10.9 Å². The van der Waals surface area contributed by atoms with Gasteiger partial charge in [-0.1, -0.05) is 32.0 Å². The van der Waals surface area contributed by atoms with Crippen molar-refractivity contribution in [1.29, 1.82) is 0 Å². The van der Waals surface area contributed by atoms with Crippen molar-refractivity contribution < 1.29 is 4.79 Å². The number of anilines is 1. The van der Waals surface area contributed by atoms with Crippen molar-refractivity contribution >= 4 is 11.6 Å². The van der Waals surface area contributed by atoms with Gasteiger partial charge in [-0.05, 0) is 24.5 Å². The minimum Gasteiger partial charge on any atom is -0.298 e. The molecule has 15 heavy (non-hydrogen) atoms. The van der Waals surface area contributed by atoms with Gasteiger partial charge in [-0.2, -0.15) is 0 Å². The van der Waals surface area contributed by atoms with Gasteiger partial charge in [0, 0.05) is 6.42 Å². The fraction of sp³-hybridized carbons (Fsp3) is 0.417. The number of nitrogens with one attached hydrogen (secondary N) is 2. The molecule has 2 N–H and O–H groups in total. The predicted octanol–water partition coefficient (Wildman–Crippen LogP) is 2.48. The van der Waals surface area contributed by atoms with E-state index in [-0.39, 0.29) is 5.91 Å². The van der Waals surface area contributed by atoms with Crippen molar-refractivity contribution in [3.8, 4) is 0 Å². The van der Waals surface area contributed by atoms with Gasteiger partial charge >= 0.3 is 0 Å². The van der Waals surface area contributed by atoms with Crippen LogP contribution in [0, 0.1) is 12.8 Å². The maximum atomic E-state index is 11.4. The van der Waals surface area contributed by atoms with Crippen molar-refractivity contribution in [2.45, 2.75) is 27.2 Å². The molecule has 0 unspecified atom stereocenters. The van der Waals surface area contributed by atoms with Crippen LogP contribution in [0.5, 0.6) is 0 Å². The van der Waals surface area contributed by atoms with E-state index in [9.17, 15) is 4.79 Å². The lowest BCUT2D eigenvalue weighted by atomic mass is 10.1. The summed E-state index contributed by atoms with van der Waals surface area (Å²) < 4.78 is 0. The summed E-state index contributed by atoms with van der Waals surface area (Å²) in [7, 11) is 0. The lowest BCUT2D eigenvalue weighted by molar-refractivity contribution is -0.121. The zero-order valence-corrected chi connectivity index (χ0v) is 9.50. The van der Waals surface area contributed by atoms with Crippen LogP contribution in [-0.4, -0.2) is 5.91 Å². The Balaban J connectivity index is 2.44. The molecule has 0 saturated heterocycles. The van der Waals surface area contributed by atoms with Crippen LogP contribution >= 0.6 is 0 Å². The molecule has 1 aromatic rings. The maximum Gasteiger partial charge on any atom is 0.238 e. The molecule has 1 aromatic carbocycles. The molecule has 3 heteroatoms. The number of hydrogen-bond acceptors (Lipinski definition) is 2. The second-order valence-electron chi connectivity index (χ2n) is 4.09. The van der Waals surface area contributed by atoms with Gasteiger partial charge in [-0.15, -0.1) is 0 Å². The predicted molar refractivity (Wildman–Crippen MR) is 62.4 cm³/mol. The van der Waals surface area contributed by atoms with Crippen molar-refractivity contribution in [2.24, 2.45) is 5.92 Å². The third-order valence-corrected chi connectivity index (χ3v) is 2.08. The van der Waals surface area contributed by atoms with Crippen molar-refractivity contribution in [3.63, 3.8) is 0 Å². The van der Waals surface area contributed by atoms with Gasteiger partial charge < -0.3 is 0 Å². The summed E-state index contributed by atoms with van der Waals surface area (Å²) in [4.78, 5) is 11.4. The first kappa shape index (κ1) is 11.6. The maximum absolute atomic E-state index is 11.4. The van der Waals surface area contributed by atoms with Gasteiger partial charge in [0.2, 0.25) is 5.91 Å². The highest BCUT2D eigenvalue weighted by atomic mass is 16.2. The van der Waals surface area contributed by atoms with E-state index in [0.717, 1.165) is 11.3 Å². The van der Waals surface area contributed by atoms with E-state index in [0.29, 0.717) is 12.3 Å². The summed E-state index contributed by atoms with van der Waals surface area (Å²) in [5, 5.41) is 0. The molecule has 0 atom stereocenters. The minimum absolute atomic E-state index is 0.0215. The van der Waals surface area contributed by atoms with Gasteiger partial charge in [0.05, 0.1) is 5.69 Å². The van der Waals surface area contributed by atoms with Gasteiger partial charge in [-0.25, -0.2) is 0 Å². The Morgan fingerprint density at radius 3 is 2.60 bits per heavy atom. The van der Waals surface area contributed by atoms with Crippen molar-refractivity contribution in [2.75, 3.05) is 5.43 Å². The third kappa shape index (κ3) is 4.02. The first-order valence-corrected chi connectivity index (χ1v) is 5.20. The van der Waals surface area contributed by atoms with Gasteiger partial charge in [0.25, 0.3) is 0 Å². The molecule has 0 aromatic heterocycles. The number of carbonyl (C=O) groups is 1. The van der Waals surface area contributed by atoms with Crippen LogP contribution in [0.15, 0.2) is 24.3 Å². The average Bonchev–Trinajstić information content (AvgIpc) is 2.15. The molecule has 0 saturated carbocycles. The zero-order valence-electron chi connectivity index (χ0n) is 9.50. The highest BCUT2D eigenvalue weighted by molar-refractivity contribution is 5.77. The highest BCUT2D eigenvalue weighted by Gasteiger charge is 2.04. The smallest absolute Gasteiger partial charge is 0.238 e. The normalized spacial score (nSPS) is 10.1. The Morgan fingerprint density at radius 1 is 1.33 bits per heavy atom. The first-order chi connectivity index (χ1) is 7.09. The molecule has 0 aliphatic rings. The number of aryl methyl sites for hydroxylation is 1. The summed E-state index contributed by atoms with van der Waals surface area (Å²) in [5.41, 5.74) is 7.65. The van der Waals surface area contributed by atoms with Crippen molar-refractivity contribution in [1.82, 2.24) is 5.43 Å². The molecule has 3 nitrogen and oxygen atoms in total. The molecule has 1 amide bonds. The Morgan fingerprint density at radius 2 is 2.00 bits per heavy atom. The molecule has 0 heterocycles. The number of rotatable bonds is 4. The molecule has 0 aliphatic heterocycles. The molecule has 0 spiro atoms. The van der Waals surface area contributed by atoms with E-state index < -0.39 is 0 Å². The fourth-order valence-electron chi connectivity index (χ4n) is 1.27. The van der Waals surface area contributed by atoms with E-state index in [1.807, 2.05) is 45.0 Å². The van der Waals surface area contributed by atoms with Crippen LogP contribution < -0.4 is 10.9 Å². The summed E-state index contributed by atoms with van der Waals surface area (Å²) in [6.45, 7) is 6.04. The fourth-order valence-corrected chi connectivity index (χ4v) is 1.27. The summed E-state index contributed by atoms with van der Waals surface area (Å²) in [6, 6.07) is 7.84. The molecule has 82 valence electrons. The molecular formula is C12H18N2O. The summed E-state index contributed by atoms with van der Waals surface area (Å²) >= 11 is 0. The molecular weight excluding hydrogens is 188 g/mol. The molecule has 0 aliphatic carbocycles. The SMILES string of the molecule is Cc1ccccc1NNC(=O)CC(C)C. The van der Waals surface area contributed by atoms with Gasteiger partial charge in [0.15, 0.2) is 0 Å². The monoisotopic (exact) mass is 206 g/mol. The quantitative estimate of drug-likeness (QED) is 0.743. The average molecular weight is 206 g/mol. The molecule has 0 radical (unpaired) electrons. The largest absolute Gasteiger partial charge is 0.298 e. The standard InChI is InChI=1S/C12H18N2O/c1-9(2)8-12(15)14-13-11-7-5-4-6-10(11)3/h4-7,9,13H,8H2,1-3H3,(H,14,15). The van der Waals surface area contributed by atoms with Crippen LogP contribution in [0.1, 0.15) is 25.8 Å². The highest BCUT2D eigenvalue weighted by Crippen LogP contribution is 2.11. The Hall–Kier alpha value is -1.51. The van der Waals surface area contributed by atoms with E-state index >= 15 is 0 Å². The summed E-state index contributed by atoms with van der Waals surface area (Å²) in [5.74, 6) is 0.400. The topological polar surface area (TPSA) is 41.1 Å². The second-order valence-corrected chi connectivity index (χ2v) is 4.09. The summed E-state index contributed by atoms with van der Waals surface area (Å²) in [6.07, 6.45) is 0.541. The molecule has 0 fully saturated rings. The zero-order chi connectivity index (χ0) is 11.3. The van der Waals surface area contributed by atoms with Gasteiger partial charge in [0.1, 0.15) is 0 Å². The third-order valence-electron chi connectivity index (χ3n) is 2.08. The minimum atomic E-state index is 0.0215. The van der Waals surface area contributed by atoms with Crippen LogP contribution in [0.3, 0.4) is 0 Å². The number of amides is 1. The number of hydrogen-bond donors (Lipinski definition) is 2. The lowest BCUT2D eigenvalue weighted by Gasteiger charge is -2.11. The Kier molecular flexibility index (Phi) is 4.16. The van der Waals surface area contributed by atoms with E-state index in [1.54, 1.807) is 0 Å². The Labute approximate surface area is 90.9 Å². The second kappa shape index (κ2) is 5.39. The van der Waals surface area contributed by atoms with Crippen LogP contribution in [-0.2, 0) is 4.79 Å². The van der Waals surface area contributed by atoms with Gasteiger partial charge in [-0.3, -0.25) is 15.6 Å². The first-order valence-electron chi connectivity index (χ1n) is 5.20. The lowest BCUT2D eigenvalue weighted by Crippen LogP contribution is -2.30. The van der Waals surface area contributed by atoms with Crippen LogP contribution in [0.25, 0.3) is 0 Å². The molecule has 0 bridgehead atoms. The number of benzene rings is 1. The van der Waals surface area contributed by atoms with Crippen LogP contribution in [0.4, 0.5) is 5.69 Å².